The number of likely N-dealkylation sites (N-methyl/N-ethyl adjacent to an activating group) is 1. The topological polar surface area (TPSA) is 21.3 Å². The third-order valence-corrected chi connectivity index (χ3v) is 2.70. The number of allylic oxidation sites excluding steroid dienone is 1. The minimum Gasteiger partial charge on any atom is -0.378 e. The number of hydrogen-bond acceptors (Lipinski definition) is 2. The molecule has 1 fully saturated rings. The molecule has 0 saturated carbocycles. The number of rotatable bonds is 4. The smallest absolute Gasteiger partial charge is 0.0593 e. The van der Waals surface area contributed by atoms with Gasteiger partial charge < -0.3 is 10.1 Å². The largest absolute Gasteiger partial charge is 0.378 e. The molecule has 82 valence electrons. The van der Waals surface area contributed by atoms with E-state index in [1.807, 2.05) is 7.05 Å². The molecule has 1 aliphatic heterocycles. The van der Waals surface area contributed by atoms with Crippen LogP contribution >= 0.6 is 0 Å². The zero-order valence-corrected chi connectivity index (χ0v) is 9.68. The lowest BCUT2D eigenvalue weighted by atomic mass is 10.0. The van der Waals surface area contributed by atoms with Gasteiger partial charge in [0.1, 0.15) is 0 Å². The maximum atomic E-state index is 5.72. The van der Waals surface area contributed by atoms with Crippen molar-refractivity contribution < 1.29 is 4.74 Å². The SMILES string of the molecule is CNC(C=C(C)C)CC1CCCCO1. The van der Waals surface area contributed by atoms with Crippen LogP contribution in [0.5, 0.6) is 0 Å². The van der Waals surface area contributed by atoms with E-state index in [-0.39, 0.29) is 0 Å². The van der Waals surface area contributed by atoms with E-state index in [2.05, 4.69) is 25.2 Å². The van der Waals surface area contributed by atoms with Gasteiger partial charge in [0.15, 0.2) is 0 Å². The van der Waals surface area contributed by atoms with Crippen molar-refractivity contribution in [1.82, 2.24) is 5.32 Å². The Kier molecular flexibility index (Phi) is 5.20. The molecule has 0 aromatic heterocycles. The van der Waals surface area contributed by atoms with E-state index in [4.69, 9.17) is 4.74 Å². The fraction of sp³-hybridized carbons (Fsp3) is 0.833. The third kappa shape index (κ3) is 4.25. The van der Waals surface area contributed by atoms with Gasteiger partial charge in [0, 0.05) is 12.6 Å². The fourth-order valence-corrected chi connectivity index (χ4v) is 1.95. The summed E-state index contributed by atoms with van der Waals surface area (Å²) < 4.78 is 5.72. The van der Waals surface area contributed by atoms with Crippen LogP contribution in [0.3, 0.4) is 0 Å². The van der Waals surface area contributed by atoms with Gasteiger partial charge in [-0.25, -0.2) is 0 Å². The Morgan fingerprint density at radius 3 is 2.79 bits per heavy atom. The number of ether oxygens (including phenoxy) is 1. The monoisotopic (exact) mass is 197 g/mol. The van der Waals surface area contributed by atoms with Gasteiger partial charge in [0.05, 0.1) is 6.10 Å². The molecule has 14 heavy (non-hydrogen) atoms. The van der Waals surface area contributed by atoms with Gasteiger partial charge in [-0.3, -0.25) is 0 Å². The predicted molar refractivity (Wildman–Crippen MR) is 60.5 cm³/mol. The van der Waals surface area contributed by atoms with E-state index in [0.717, 1.165) is 13.0 Å². The fourth-order valence-electron chi connectivity index (χ4n) is 1.95. The van der Waals surface area contributed by atoms with Crippen molar-refractivity contribution in [3.8, 4) is 0 Å². The summed E-state index contributed by atoms with van der Waals surface area (Å²) >= 11 is 0. The molecule has 0 bridgehead atoms. The Morgan fingerprint density at radius 2 is 2.29 bits per heavy atom. The second kappa shape index (κ2) is 6.20. The molecule has 0 aliphatic carbocycles. The molecule has 2 nitrogen and oxygen atoms in total. The summed E-state index contributed by atoms with van der Waals surface area (Å²) in [6.45, 7) is 5.24. The van der Waals surface area contributed by atoms with Crippen molar-refractivity contribution in [3.63, 3.8) is 0 Å². The molecular weight excluding hydrogens is 174 g/mol. The Labute approximate surface area is 87.7 Å². The highest BCUT2D eigenvalue weighted by Gasteiger charge is 2.16. The average molecular weight is 197 g/mol. The van der Waals surface area contributed by atoms with Crippen LogP contribution in [0.15, 0.2) is 11.6 Å². The first-order valence-corrected chi connectivity index (χ1v) is 5.66. The summed E-state index contributed by atoms with van der Waals surface area (Å²) in [4.78, 5) is 0. The standard InChI is InChI=1S/C12H23NO/c1-10(2)8-11(13-3)9-12-6-4-5-7-14-12/h8,11-13H,4-7,9H2,1-3H3. The summed E-state index contributed by atoms with van der Waals surface area (Å²) in [6.07, 6.45) is 7.67. The van der Waals surface area contributed by atoms with Crippen LogP contribution in [-0.4, -0.2) is 25.8 Å². The summed E-state index contributed by atoms with van der Waals surface area (Å²) in [5.41, 5.74) is 1.38. The van der Waals surface area contributed by atoms with Crippen molar-refractivity contribution in [1.29, 1.82) is 0 Å². The molecule has 1 aliphatic rings. The molecule has 1 heterocycles. The minimum absolute atomic E-state index is 0.469. The predicted octanol–water partition coefficient (Wildman–Crippen LogP) is 2.50. The highest BCUT2D eigenvalue weighted by Crippen LogP contribution is 2.17. The lowest BCUT2D eigenvalue weighted by Crippen LogP contribution is -2.31. The zero-order chi connectivity index (χ0) is 10.4. The van der Waals surface area contributed by atoms with Gasteiger partial charge in [0.2, 0.25) is 0 Å². The highest BCUT2D eigenvalue weighted by molar-refractivity contribution is 5.01. The molecule has 0 spiro atoms. The molecule has 1 N–H and O–H groups in total. The van der Waals surface area contributed by atoms with Crippen LogP contribution < -0.4 is 5.32 Å². The van der Waals surface area contributed by atoms with Crippen LogP contribution in [0.25, 0.3) is 0 Å². The summed E-state index contributed by atoms with van der Waals surface area (Å²) in [5.74, 6) is 0. The number of hydrogen-bond donors (Lipinski definition) is 1. The van der Waals surface area contributed by atoms with E-state index in [0.29, 0.717) is 12.1 Å². The quantitative estimate of drug-likeness (QED) is 0.699. The highest BCUT2D eigenvalue weighted by atomic mass is 16.5. The Bertz CT molecular complexity index is 179. The first kappa shape index (κ1) is 11.7. The maximum Gasteiger partial charge on any atom is 0.0593 e. The minimum atomic E-state index is 0.469. The van der Waals surface area contributed by atoms with E-state index in [1.54, 1.807) is 0 Å². The molecule has 0 amide bonds. The first-order valence-electron chi connectivity index (χ1n) is 5.66. The van der Waals surface area contributed by atoms with E-state index in [1.165, 1.54) is 24.8 Å². The van der Waals surface area contributed by atoms with E-state index >= 15 is 0 Å². The van der Waals surface area contributed by atoms with Crippen molar-refractivity contribution >= 4 is 0 Å². The third-order valence-electron chi connectivity index (χ3n) is 2.70. The Morgan fingerprint density at radius 1 is 1.50 bits per heavy atom. The molecular formula is C12H23NO. The van der Waals surface area contributed by atoms with Crippen molar-refractivity contribution in [2.24, 2.45) is 0 Å². The molecule has 0 aromatic rings. The summed E-state index contributed by atoms with van der Waals surface area (Å²) in [5, 5.41) is 3.32. The van der Waals surface area contributed by atoms with Gasteiger partial charge in [0.25, 0.3) is 0 Å². The van der Waals surface area contributed by atoms with Crippen LogP contribution in [0.1, 0.15) is 39.5 Å². The van der Waals surface area contributed by atoms with Crippen LogP contribution in [-0.2, 0) is 4.74 Å². The molecule has 2 atom stereocenters. The zero-order valence-electron chi connectivity index (χ0n) is 9.68. The lowest BCUT2D eigenvalue weighted by molar-refractivity contribution is 0.00818. The molecule has 2 unspecified atom stereocenters. The van der Waals surface area contributed by atoms with Crippen molar-refractivity contribution in [3.05, 3.63) is 11.6 Å². The van der Waals surface area contributed by atoms with Crippen LogP contribution in [0.2, 0.25) is 0 Å². The van der Waals surface area contributed by atoms with Crippen molar-refractivity contribution in [2.45, 2.75) is 51.7 Å². The number of nitrogens with one attached hydrogen (secondary N) is 1. The van der Waals surface area contributed by atoms with E-state index < -0.39 is 0 Å². The van der Waals surface area contributed by atoms with Gasteiger partial charge in [-0.2, -0.15) is 0 Å². The van der Waals surface area contributed by atoms with Gasteiger partial charge in [-0.1, -0.05) is 11.6 Å². The molecule has 1 rings (SSSR count). The van der Waals surface area contributed by atoms with Gasteiger partial charge >= 0.3 is 0 Å². The van der Waals surface area contributed by atoms with Crippen molar-refractivity contribution in [2.75, 3.05) is 13.7 Å². The van der Waals surface area contributed by atoms with Crippen LogP contribution in [0, 0.1) is 0 Å². The average Bonchev–Trinajstić information content (AvgIpc) is 2.17. The normalized spacial score (nSPS) is 24.4. The first-order chi connectivity index (χ1) is 6.72. The van der Waals surface area contributed by atoms with E-state index in [9.17, 15) is 0 Å². The van der Waals surface area contributed by atoms with Crippen LogP contribution in [0.4, 0.5) is 0 Å². The molecule has 0 aromatic carbocycles. The molecule has 2 heteroatoms. The van der Waals surface area contributed by atoms with Gasteiger partial charge in [-0.15, -0.1) is 0 Å². The van der Waals surface area contributed by atoms with Gasteiger partial charge in [-0.05, 0) is 46.6 Å². The Hall–Kier alpha value is -0.340. The lowest BCUT2D eigenvalue weighted by Gasteiger charge is -2.25. The second-order valence-electron chi connectivity index (χ2n) is 4.36. The second-order valence-corrected chi connectivity index (χ2v) is 4.36. The Balaban J connectivity index is 2.35. The molecule has 0 radical (unpaired) electrons. The summed E-state index contributed by atoms with van der Waals surface area (Å²) in [7, 11) is 2.02. The maximum absolute atomic E-state index is 5.72. The molecule has 1 saturated heterocycles. The summed E-state index contributed by atoms with van der Waals surface area (Å²) in [6, 6.07) is 0.475.